The van der Waals surface area contributed by atoms with E-state index < -0.39 is 0 Å². The third-order valence-corrected chi connectivity index (χ3v) is 4.61. The molecule has 2 unspecified atom stereocenters. The molecule has 1 aromatic carbocycles. The lowest BCUT2D eigenvalue weighted by atomic mass is 9.68. The summed E-state index contributed by atoms with van der Waals surface area (Å²) in [6.07, 6.45) is 1.05. The van der Waals surface area contributed by atoms with Crippen LogP contribution in [0.1, 0.15) is 38.3 Å². The highest BCUT2D eigenvalue weighted by Gasteiger charge is 2.38. The molecule has 1 heterocycles. The van der Waals surface area contributed by atoms with Crippen LogP contribution in [0.3, 0.4) is 0 Å². The van der Waals surface area contributed by atoms with Gasteiger partial charge in [0.1, 0.15) is 0 Å². The summed E-state index contributed by atoms with van der Waals surface area (Å²) in [5.41, 5.74) is 2.92. The monoisotopic (exact) mass is 245 g/mol. The van der Waals surface area contributed by atoms with E-state index in [9.17, 15) is 4.79 Å². The van der Waals surface area contributed by atoms with Gasteiger partial charge in [0.25, 0.3) is 0 Å². The zero-order valence-corrected chi connectivity index (χ0v) is 11.9. The number of likely N-dealkylation sites (tertiary alicyclic amines) is 1. The fraction of sp³-hybridized carbons (Fsp3) is 0.562. The van der Waals surface area contributed by atoms with E-state index in [-0.39, 0.29) is 11.3 Å². The standard InChI is InChI=1S/C16H23NO/c1-12-6-5-7-15(10-12)16(4)8-9-17(14(3)18)11-13(16)2/h5-7,10,13H,8-9,11H2,1-4H3. The maximum Gasteiger partial charge on any atom is 0.219 e. The van der Waals surface area contributed by atoms with Crippen LogP contribution >= 0.6 is 0 Å². The van der Waals surface area contributed by atoms with Crippen molar-refractivity contribution in [2.45, 2.75) is 39.5 Å². The van der Waals surface area contributed by atoms with Crippen LogP contribution in [0.5, 0.6) is 0 Å². The molecule has 0 radical (unpaired) electrons. The zero-order valence-electron chi connectivity index (χ0n) is 11.9. The summed E-state index contributed by atoms with van der Waals surface area (Å²) in [5, 5.41) is 0. The fourth-order valence-corrected chi connectivity index (χ4v) is 2.95. The van der Waals surface area contributed by atoms with Crippen molar-refractivity contribution < 1.29 is 4.79 Å². The maximum absolute atomic E-state index is 11.5. The molecule has 0 aromatic heterocycles. The largest absolute Gasteiger partial charge is 0.343 e. The SMILES string of the molecule is CC(=O)N1CCC(C)(c2cccc(C)c2)C(C)C1. The van der Waals surface area contributed by atoms with Gasteiger partial charge in [-0.3, -0.25) is 4.79 Å². The molecule has 1 aliphatic rings. The number of nitrogens with zero attached hydrogens (tertiary/aromatic N) is 1. The number of benzene rings is 1. The molecule has 0 N–H and O–H groups in total. The van der Waals surface area contributed by atoms with Gasteiger partial charge in [0.05, 0.1) is 0 Å². The quantitative estimate of drug-likeness (QED) is 0.744. The van der Waals surface area contributed by atoms with Crippen molar-refractivity contribution >= 4 is 5.91 Å². The topological polar surface area (TPSA) is 20.3 Å². The summed E-state index contributed by atoms with van der Waals surface area (Å²) in [6, 6.07) is 8.80. The molecule has 98 valence electrons. The lowest BCUT2D eigenvalue weighted by molar-refractivity contribution is -0.131. The van der Waals surface area contributed by atoms with Crippen LogP contribution in [0.2, 0.25) is 0 Å². The summed E-state index contributed by atoms with van der Waals surface area (Å²) < 4.78 is 0. The molecule has 18 heavy (non-hydrogen) atoms. The molecule has 2 nitrogen and oxygen atoms in total. The van der Waals surface area contributed by atoms with Crippen LogP contribution in [-0.4, -0.2) is 23.9 Å². The number of hydrogen-bond acceptors (Lipinski definition) is 1. The smallest absolute Gasteiger partial charge is 0.219 e. The van der Waals surface area contributed by atoms with Crippen molar-refractivity contribution in [3.05, 3.63) is 35.4 Å². The van der Waals surface area contributed by atoms with Crippen molar-refractivity contribution in [2.24, 2.45) is 5.92 Å². The summed E-state index contributed by atoms with van der Waals surface area (Å²) in [4.78, 5) is 13.4. The van der Waals surface area contributed by atoms with Gasteiger partial charge in [-0.05, 0) is 30.2 Å². The summed E-state index contributed by atoms with van der Waals surface area (Å²) in [6.45, 7) is 10.2. The van der Waals surface area contributed by atoms with Crippen molar-refractivity contribution in [2.75, 3.05) is 13.1 Å². The van der Waals surface area contributed by atoms with E-state index in [1.54, 1.807) is 6.92 Å². The Bertz CT molecular complexity index is 454. The van der Waals surface area contributed by atoms with Crippen molar-refractivity contribution in [1.82, 2.24) is 4.90 Å². The van der Waals surface area contributed by atoms with Crippen LogP contribution < -0.4 is 0 Å². The van der Waals surface area contributed by atoms with E-state index in [4.69, 9.17) is 0 Å². The number of rotatable bonds is 1. The molecule has 1 saturated heterocycles. The van der Waals surface area contributed by atoms with Crippen LogP contribution in [-0.2, 0) is 10.2 Å². The molecular formula is C16H23NO. The molecule has 0 aliphatic carbocycles. The highest BCUT2D eigenvalue weighted by Crippen LogP contribution is 2.39. The Labute approximate surface area is 110 Å². The van der Waals surface area contributed by atoms with E-state index in [0.717, 1.165) is 19.5 Å². The first-order valence-corrected chi connectivity index (χ1v) is 6.76. The van der Waals surface area contributed by atoms with Gasteiger partial charge in [-0.25, -0.2) is 0 Å². The number of amides is 1. The predicted molar refractivity (Wildman–Crippen MR) is 74.6 cm³/mol. The molecule has 2 rings (SSSR count). The highest BCUT2D eigenvalue weighted by molar-refractivity contribution is 5.73. The second kappa shape index (κ2) is 4.75. The number of aryl methyl sites for hydroxylation is 1. The van der Waals surface area contributed by atoms with Crippen LogP contribution in [0.25, 0.3) is 0 Å². The minimum absolute atomic E-state index is 0.192. The average molecular weight is 245 g/mol. The lowest BCUT2D eigenvalue weighted by Gasteiger charge is -2.45. The molecule has 1 amide bonds. The van der Waals surface area contributed by atoms with Crippen molar-refractivity contribution in [3.63, 3.8) is 0 Å². The Kier molecular flexibility index (Phi) is 3.47. The van der Waals surface area contributed by atoms with Gasteiger partial charge in [0.2, 0.25) is 5.91 Å². The Morgan fingerprint density at radius 3 is 2.72 bits per heavy atom. The number of carbonyl (C=O) groups excluding carboxylic acids is 1. The van der Waals surface area contributed by atoms with Gasteiger partial charge < -0.3 is 4.90 Å². The summed E-state index contributed by atoms with van der Waals surface area (Å²) in [7, 11) is 0. The molecule has 1 aliphatic heterocycles. The van der Waals surface area contributed by atoms with Gasteiger partial charge in [0.15, 0.2) is 0 Å². The predicted octanol–water partition coefficient (Wildman–Crippen LogP) is 3.14. The van der Waals surface area contributed by atoms with Crippen LogP contribution in [0.4, 0.5) is 0 Å². The third-order valence-electron chi connectivity index (χ3n) is 4.61. The highest BCUT2D eigenvalue weighted by atomic mass is 16.2. The Morgan fingerprint density at radius 2 is 2.17 bits per heavy atom. The third kappa shape index (κ3) is 2.29. The molecule has 0 saturated carbocycles. The normalized spacial score (nSPS) is 28.2. The van der Waals surface area contributed by atoms with Gasteiger partial charge in [-0.1, -0.05) is 43.7 Å². The summed E-state index contributed by atoms with van der Waals surface area (Å²) >= 11 is 0. The molecule has 2 atom stereocenters. The van der Waals surface area contributed by atoms with E-state index in [2.05, 4.69) is 45.0 Å². The van der Waals surface area contributed by atoms with Gasteiger partial charge in [-0.2, -0.15) is 0 Å². The van der Waals surface area contributed by atoms with E-state index in [1.165, 1.54) is 11.1 Å². The first-order chi connectivity index (χ1) is 8.43. The Balaban J connectivity index is 2.25. The van der Waals surface area contributed by atoms with Crippen LogP contribution in [0.15, 0.2) is 24.3 Å². The maximum atomic E-state index is 11.5. The van der Waals surface area contributed by atoms with Gasteiger partial charge in [-0.15, -0.1) is 0 Å². The number of piperidine rings is 1. The molecular weight excluding hydrogens is 222 g/mol. The van der Waals surface area contributed by atoms with E-state index >= 15 is 0 Å². The number of carbonyl (C=O) groups is 1. The van der Waals surface area contributed by atoms with Gasteiger partial charge >= 0.3 is 0 Å². The molecule has 0 bridgehead atoms. The average Bonchev–Trinajstić information content (AvgIpc) is 2.32. The van der Waals surface area contributed by atoms with E-state index in [0.29, 0.717) is 5.92 Å². The van der Waals surface area contributed by atoms with Crippen LogP contribution in [0, 0.1) is 12.8 Å². The molecule has 1 fully saturated rings. The molecule has 2 heteroatoms. The van der Waals surface area contributed by atoms with Crippen molar-refractivity contribution in [1.29, 1.82) is 0 Å². The first kappa shape index (κ1) is 13.1. The lowest BCUT2D eigenvalue weighted by Crippen LogP contribution is -2.48. The van der Waals surface area contributed by atoms with Crippen molar-refractivity contribution in [3.8, 4) is 0 Å². The molecule has 0 spiro atoms. The Morgan fingerprint density at radius 1 is 1.44 bits per heavy atom. The summed E-state index contributed by atoms with van der Waals surface area (Å²) in [5.74, 6) is 0.699. The zero-order chi connectivity index (χ0) is 13.3. The minimum Gasteiger partial charge on any atom is -0.343 e. The number of hydrogen-bond donors (Lipinski definition) is 0. The Hall–Kier alpha value is -1.31. The van der Waals surface area contributed by atoms with Gasteiger partial charge in [0, 0.05) is 20.0 Å². The first-order valence-electron chi connectivity index (χ1n) is 6.76. The fourth-order valence-electron chi connectivity index (χ4n) is 2.95. The van der Waals surface area contributed by atoms with E-state index in [1.807, 2.05) is 4.90 Å². The molecule has 1 aromatic rings. The minimum atomic E-state index is 0.192. The second-order valence-electron chi connectivity index (χ2n) is 5.90. The second-order valence-corrected chi connectivity index (χ2v) is 5.90.